The van der Waals surface area contributed by atoms with Gasteiger partial charge < -0.3 is 18.6 Å². The summed E-state index contributed by atoms with van der Waals surface area (Å²) in [5.41, 5.74) is 1.27. The first-order chi connectivity index (χ1) is 20.2. The molecular formula is C30H24Br2ClN3O6. The van der Waals surface area contributed by atoms with Crippen LogP contribution in [0.5, 0.6) is 11.5 Å². The molecule has 0 aliphatic rings. The van der Waals surface area contributed by atoms with Crippen LogP contribution in [0.1, 0.15) is 26.3 Å². The van der Waals surface area contributed by atoms with Crippen LogP contribution in [0.4, 0.5) is 0 Å². The minimum Gasteiger partial charge on any atom is -0.490 e. The molecule has 5 aromatic rings. The summed E-state index contributed by atoms with van der Waals surface area (Å²) in [6.07, 6.45) is 0.618. The minimum absolute atomic E-state index is 0.214. The lowest BCUT2D eigenvalue weighted by molar-refractivity contribution is -0.150. The Balaban J connectivity index is 1.63. The van der Waals surface area contributed by atoms with Crippen LogP contribution in [0.25, 0.3) is 33.5 Å². The molecule has 216 valence electrons. The molecule has 0 aliphatic heterocycles. The van der Waals surface area contributed by atoms with Crippen molar-refractivity contribution in [3.8, 4) is 23.1 Å². The number of carbonyl (C=O) groups excluding carboxylic acids is 1. The van der Waals surface area contributed by atoms with Gasteiger partial charge in [0.2, 0.25) is 5.82 Å². The number of aromatic nitrogens is 2. The van der Waals surface area contributed by atoms with E-state index >= 15 is 0 Å². The highest BCUT2D eigenvalue weighted by molar-refractivity contribution is 9.13. The highest BCUT2D eigenvalue weighted by Gasteiger charge is 2.23. The number of para-hydroxylation sites is 1. The normalized spacial score (nSPS) is 12.2. The number of carbonyl (C=O) groups is 1. The fourth-order valence-electron chi connectivity index (χ4n) is 4.19. The fraction of sp³-hybridized carbons (Fsp3) is 0.200. The maximum atomic E-state index is 13.7. The first-order valence-electron chi connectivity index (χ1n) is 13.0. The van der Waals surface area contributed by atoms with Crippen molar-refractivity contribution in [2.24, 2.45) is 5.10 Å². The maximum absolute atomic E-state index is 13.7. The first kappa shape index (κ1) is 29.8. The van der Waals surface area contributed by atoms with Gasteiger partial charge in [-0.15, -0.1) is 0 Å². The first-order valence-corrected chi connectivity index (χ1v) is 14.9. The van der Waals surface area contributed by atoms with Gasteiger partial charge in [-0.2, -0.15) is 9.78 Å². The standard InChI is InChI=1S/C30H24Br2ClN3O6/c1-4-39-23-14-18(25(31)26(32)27(23)41-16(3)30(38)40-5-2)15-34-36-28(35-21-9-7-6-8-20(21)29(36)37)24-13-17-12-19(33)10-11-22(17)42-24/h6-16H,4-5H2,1-3H3/t16-/m1/s1. The smallest absolute Gasteiger partial charge is 0.347 e. The van der Waals surface area contributed by atoms with E-state index in [9.17, 15) is 9.59 Å². The molecule has 0 saturated carbocycles. The van der Waals surface area contributed by atoms with E-state index in [-0.39, 0.29) is 18.0 Å². The van der Waals surface area contributed by atoms with Crippen LogP contribution in [0.15, 0.2) is 77.9 Å². The number of ether oxygens (including phenoxy) is 3. The Kier molecular flexibility index (Phi) is 9.00. The fourth-order valence-corrected chi connectivity index (χ4v) is 5.29. The quantitative estimate of drug-likeness (QED) is 0.114. The lowest BCUT2D eigenvalue weighted by atomic mass is 10.2. The third kappa shape index (κ3) is 5.95. The van der Waals surface area contributed by atoms with Crippen LogP contribution in [0.3, 0.4) is 0 Å². The Bertz CT molecular complexity index is 1900. The van der Waals surface area contributed by atoms with E-state index in [2.05, 4.69) is 37.0 Å². The number of fused-ring (bicyclic) bond motifs is 2. The van der Waals surface area contributed by atoms with Gasteiger partial charge in [-0.05, 0) is 95.1 Å². The molecular weight excluding hydrogens is 694 g/mol. The molecule has 42 heavy (non-hydrogen) atoms. The number of hydrogen-bond acceptors (Lipinski definition) is 8. The van der Waals surface area contributed by atoms with Crippen molar-refractivity contribution in [1.29, 1.82) is 0 Å². The zero-order valence-electron chi connectivity index (χ0n) is 22.7. The summed E-state index contributed by atoms with van der Waals surface area (Å²) >= 11 is 13.3. The van der Waals surface area contributed by atoms with Crippen LogP contribution in [0, 0.1) is 0 Å². The lowest BCUT2D eigenvalue weighted by Crippen LogP contribution is -2.26. The molecule has 1 atom stereocenters. The number of furan rings is 1. The highest BCUT2D eigenvalue weighted by atomic mass is 79.9. The van der Waals surface area contributed by atoms with Crippen LogP contribution in [0.2, 0.25) is 5.02 Å². The van der Waals surface area contributed by atoms with Crippen molar-refractivity contribution in [2.75, 3.05) is 13.2 Å². The van der Waals surface area contributed by atoms with Crippen LogP contribution >= 0.6 is 43.5 Å². The second-order valence-electron chi connectivity index (χ2n) is 8.97. The van der Waals surface area contributed by atoms with Gasteiger partial charge in [0.05, 0.1) is 34.8 Å². The molecule has 5 rings (SSSR count). The molecule has 0 saturated heterocycles. The van der Waals surface area contributed by atoms with Gasteiger partial charge in [-0.3, -0.25) is 4.79 Å². The van der Waals surface area contributed by atoms with Gasteiger partial charge in [0.15, 0.2) is 23.4 Å². The van der Waals surface area contributed by atoms with Crippen LogP contribution in [-0.4, -0.2) is 41.2 Å². The number of rotatable bonds is 9. The third-order valence-electron chi connectivity index (χ3n) is 6.13. The Labute approximate surface area is 262 Å². The summed E-state index contributed by atoms with van der Waals surface area (Å²) in [7, 11) is 0. The van der Waals surface area contributed by atoms with E-state index < -0.39 is 12.1 Å². The Morgan fingerprint density at radius 1 is 1.12 bits per heavy atom. The number of nitrogens with zero attached hydrogens (tertiary/aromatic N) is 3. The summed E-state index contributed by atoms with van der Waals surface area (Å²) in [6.45, 7) is 5.72. The van der Waals surface area contributed by atoms with E-state index in [0.717, 1.165) is 5.39 Å². The van der Waals surface area contributed by atoms with E-state index in [0.29, 0.717) is 59.9 Å². The van der Waals surface area contributed by atoms with Gasteiger partial charge in [0, 0.05) is 20.4 Å². The number of benzene rings is 3. The summed E-state index contributed by atoms with van der Waals surface area (Å²) in [4.78, 5) is 30.6. The van der Waals surface area contributed by atoms with E-state index in [1.54, 1.807) is 68.4 Å². The predicted molar refractivity (Wildman–Crippen MR) is 169 cm³/mol. The minimum atomic E-state index is -0.879. The molecule has 12 heteroatoms. The van der Waals surface area contributed by atoms with Crippen molar-refractivity contribution in [3.63, 3.8) is 0 Å². The lowest BCUT2D eigenvalue weighted by Gasteiger charge is -2.19. The zero-order valence-corrected chi connectivity index (χ0v) is 26.6. The largest absolute Gasteiger partial charge is 0.490 e. The van der Waals surface area contributed by atoms with Crippen molar-refractivity contribution in [3.05, 3.63) is 84.5 Å². The Morgan fingerprint density at radius 2 is 1.90 bits per heavy atom. The van der Waals surface area contributed by atoms with Crippen LogP contribution in [-0.2, 0) is 9.53 Å². The molecule has 0 N–H and O–H groups in total. The molecule has 0 radical (unpaired) electrons. The summed E-state index contributed by atoms with van der Waals surface area (Å²) in [6, 6.07) is 15.7. The molecule has 2 aromatic heterocycles. The monoisotopic (exact) mass is 715 g/mol. The van der Waals surface area contributed by atoms with Gasteiger partial charge in [0.25, 0.3) is 5.56 Å². The molecule has 0 aliphatic carbocycles. The Hall–Kier alpha value is -3.67. The average Bonchev–Trinajstić information content (AvgIpc) is 3.40. The summed E-state index contributed by atoms with van der Waals surface area (Å²) in [5, 5.41) is 6.26. The molecule has 0 amide bonds. The third-order valence-corrected chi connectivity index (χ3v) is 8.51. The molecule has 3 aromatic carbocycles. The van der Waals surface area contributed by atoms with E-state index in [4.69, 9.17) is 35.2 Å². The molecule has 9 nitrogen and oxygen atoms in total. The van der Waals surface area contributed by atoms with Gasteiger partial charge in [-0.1, -0.05) is 23.7 Å². The maximum Gasteiger partial charge on any atom is 0.347 e. The second-order valence-corrected chi connectivity index (χ2v) is 11.0. The predicted octanol–water partition coefficient (Wildman–Crippen LogP) is 7.60. The van der Waals surface area contributed by atoms with Crippen molar-refractivity contribution in [1.82, 2.24) is 9.66 Å². The SMILES string of the molecule is CCOC(=O)[C@@H](C)Oc1c(OCC)cc(C=Nn2c(-c3cc4cc(Cl)ccc4o3)nc3ccccc3c2=O)c(Br)c1Br. The second kappa shape index (κ2) is 12.7. The van der Waals surface area contributed by atoms with Crippen molar-refractivity contribution in [2.45, 2.75) is 26.9 Å². The molecule has 0 unspecified atom stereocenters. The van der Waals surface area contributed by atoms with Crippen molar-refractivity contribution >= 4 is 77.5 Å². The van der Waals surface area contributed by atoms with Gasteiger partial charge >= 0.3 is 5.97 Å². The molecule has 2 heterocycles. The summed E-state index contributed by atoms with van der Waals surface area (Å²) < 4.78 is 25.1. The summed E-state index contributed by atoms with van der Waals surface area (Å²) in [5.74, 6) is 0.734. The topological polar surface area (TPSA) is 105 Å². The van der Waals surface area contributed by atoms with Crippen molar-refractivity contribution < 1.29 is 23.4 Å². The number of hydrogen-bond donors (Lipinski definition) is 0. The number of halogens is 3. The van der Waals surface area contributed by atoms with Gasteiger partial charge in [-0.25, -0.2) is 9.78 Å². The Morgan fingerprint density at radius 3 is 2.67 bits per heavy atom. The number of esters is 1. The molecule has 0 bridgehead atoms. The highest BCUT2D eigenvalue weighted by Crippen LogP contribution is 2.43. The van der Waals surface area contributed by atoms with Crippen LogP contribution < -0.4 is 15.0 Å². The average molecular weight is 718 g/mol. The van der Waals surface area contributed by atoms with Gasteiger partial charge in [0.1, 0.15) is 5.58 Å². The zero-order chi connectivity index (χ0) is 30.0. The van der Waals surface area contributed by atoms with E-state index in [1.165, 1.54) is 10.9 Å². The molecule has 0 spiro atoms. The molecule has 0 fully saturated rings. The van der Waals surface area contributed by atoms with E-state index in [1.807, 2.05) is 6.92 Å².